The van der Waals surface area contributed by atoms with Gasteiger partial charge in [0, 0.05) is 19.1 Å². The summed E-state index contributed by atoms with van der Waals surface area (Å²) in [7, 11) is 0. The van der Waals surface area contributed by atoms with Crippen molar-refractivity contribution in [1.29, 1.82) is 5.26 Å². The number of carbonyl (C=O) groups excluding carboxylic acids is 1. The van der Waals surface area contributed by atoms with E-state index in [0.717, 1.165) is 13.0 Å². The highest BCUT2D eigenvalue weighted by atomic mass is 32.1. The third-order valence-electron chi connectivity index (χ3n) is 3.44. The maximum atomic E-state index is 12.0. The summed E-state index contributed by atoms with van der Waals surface area (Å²) in [5.41, 5.74) is 0.450. The van der Waals surface area contributed by atoms with Gasteiger partial charge in [-0.1, -0.05) is 13.8 Å². The molecule has 1 N–H and O–H groups in total. The van der Waals surface area contributed by atoms with Crippen molar-refractivity contribution in [3.8, 4) is 6.07 Å². The molecule has 0 radical (unpaired) electrons. The molecular formula is C14H18N2O2S. The van der Waals surface area contributed by atoms with E-state index in [2.05, 4.69) is 19.2 Å². The first kappa shape index (κ1) is 14.0. The van der Waals surface area contributed by atoms with E-state index in [1.54, 1.807) is 11.4 Å². The van der Waals surface area contributed by atoms with Crippen molar-refractivity contribution in [3.63, 3.8) is 0 Å². The molecular weight excluding hydrogens is 260 g/mol. The van der Waals surface area contributed by atoms with Gasteiger partial charge in [0.15, 0.2) is 0 Å². The van der Waals surface area contributed by atoms with Crippen LogP contribution in [-0.4, -0.2) is 25.2 Å². The van der Waals surface area contributed by atoms with Gasteiger partial charge < -0.3 is 10.1 Å². The first-order valence-corrected chi connectivity index (χ1v) is 7.39. The van der Waals surface area contributed by atoms with Crippen LogP contribution >= 0.6 is 11.3 Å². The number of ether oxygens (including phenoxy) is 1. The molecule has 0 aliphatic carbocycles. The van der Waals surface area contributed by atoms with E-state index in [-0.39, 0.29) is 12.0 Å². The van der Waals surface area contributed by atoms with Crippen LogP contribution in [0.5, 0.6) is 0 Å². The van der Waals surface area contributed by atoms with E-state index in [9.17, 15) is 4.79 Å². The van der Waals surface area contributed by atoms with Crippen molar-refractivity contribution in [1.82, 2.24) is 5.32 Å². The van der Waals surface area contributed by atoms with E-state index in [0.29, 0.717) is 28.8 Å². The molecule has 1 aromatic heterocycles. The first-order chi connectivity index (χ1) is 9.13. The second-order valence-electron chi connectivity index (χ2n) is 5.11. The number of amides is 1. The molecule has 2 atom stereocenters. The summed E-state index contributed by atoms with van der Waals surface area (Å²) in [6, 6.07) is 3.71. The molecule has 102 valence electrons. The summed E-state index contributed by atoms with van der Waals surface area (Å²) in [6.07, 6.45) is 1.21. The second-order valence-corrected chi connectivity index (χ2v) is 6.03. The van der Waals surface area contributed by atoms with Gasteiger partial charge in [0.25, 0.3) is 5.91 Å². The normalized spacial score (nSPS) is 22.4. The third kappa shape index (κ3) is 3.14. The fraction of sp³-hybridized carbons (Fsp3) is 0.571. The van der Waals surface area contributed by atoms with Crippen LogP contribution in [0, 0.1) is 23.2 Å². The molecule has 5 heteroatoms. The Morgan fingerprint density at radius 2 is 2.47 bits per heavy atom. The Morgan fingerprint density at radius 3 is 3.16 bits per heavy atom. The van der Waals surface area contributed by atoms with E-state index < -0.39 is 0 Å². The zero-order valence-corrected chi connectivity index (χ0v) is 12.0. The van der Waals surface area contributed by atoms with Gasteiger partial charge in [-0.3, -0.25) is 4.79 Å². The minimum Gasteiger partial charge on any atom is -0.378 e. The lowest BCUT2D eigenvalue weighted by molar-refractivity contribution is 0.0533. The molecule has 1 amide bonds. The Hall–Kier alpha value is -1.38. The number of thiophene rings is 1. The van der Waals surface area contributed by atoms with Crippen LogP contribution in [0.4, 0.5) is 0 Å². The van der Waals surface area contributed by atoms with Gasteiger partial charge in [0.2, 0.25) is 0 Å². The maximum absolute atomic E-state index is 12.0. The first-order valence-electron chi connectivity index (χ1n) is 6.51. The topological polar surface area (TPSA) is 62.1 Å². The fourth-order valence-electron chi connectivity index (χ4n) is 2.49. The van der Waals surface area contributed by atoms with Gasteiger partial charge in [0.05, 0.1) is 11.7 Å². The molecule has 1 aliphatic rings. The highest BCUT2D eigenvalue weighted by Gasteiger charge is 2.31. The molecule has 0 unspecified atom stereocenters. The van der Waals surface area contributed by atoms with Crippen LogP contribution in [0.2, 0.25) is 0 Å². The van der Waals surface area contributed by atoms with Crippen LogP contribution < -0.4 is 5.32 Å². The largest absolute Gasteiger partial charge is 0.378 e. The van der Waals surface area contributed by atoms with Gasteiger partial charge in [0.1, 0.15) is 10.9 Å². The van der Waals surface area contributed by atoms with E-state index in [1.807, 2.05) is 6.07 Å². The Bertz CT molecular complexity index is 490. The summed E-state index contributed by atoms with van der Waals surface area (Å²) >= 11 is 1.31. The number of nitrogens with zero attached hydrogens (tertiary/aromatic N) is 1. The van der Waals surface area contributed by atoms with Crippen molar-refractivity contribution in [2.24, 2.45) is 11.8 Å². The minimum atomic E-state index is -0.152. The summed E-state index contributed by atoms with van der Waals surface area (Å²) in [5.74, 6) is 0.677. The Balaban J connectivity index is 1.92. The predicted molar refractivity (Wildman–Crippen MR) is 74.1 cm³/mol. The number of hydrogen-bond acceptors (Lipinski definition) is 4. The summed E-state index contributed by atoms with van der Waals surface area (Å²) < 4.78 is 5.69. The van der Waals surface area contributed by atoms with Gasteiger partial charge in [-0.15, -0.1) is 11.3 Å². The molecule has 0 aromatic carbocycles. The summed E-state index contributed by atoms with van der Waals surface area (Å²) in [6.45, 7) is 5.66. The van der Waals surface area contributed by atoms with Crippen LogP contribution in [0.15, 0.2) is 11.4 Å². The fourth-order valence-corrected chi connectivity index (χ4v) is 3.25. The number of rotatable bonds is 4. The Labute approximate surface area is 117 Å². The third-order valence-corrected chi connectivity index (χ3v) is 4.35. The summed E-state index contributed by atoms with van der Waals surface area (Å²) in [5, 5.41) is 13.6. The number of hydrogen-bond donors (Lipinski definition) is 1. The monoisotopic (exact) mass is 278 g/mol. The van der Waals surface area contributed by atoms with Crippen LogP contribution in [-0.2, 0) is 4.74 Å². The number of carbonyl (C=O) groups is 1. The van der Waals surface area contributed by atoms with Crippen LogP contribution in [0.1, 0.15) is 35.5 Å². The van der Waals surface area contributed by atoms with Crippen molar-refractivity contribution >= 4 is 17.2 Å². The quantitative estimate of drug-likeness (QED) is 0.920. The maximum Gasteiger partial charge on any atom is 0.262 e. The molecule has 1 fully saturated rings. The lowest BCUT2D eigenvalue weighted by Gasteiger charge is -2.22. The van der Waals surface area contributed by atoms with Crippen LogP contribution in [0.25, 0.3) is 0 Å². The average molecular weight is 278 g/mol. The number of nitrogens with one attached hydrogen (secondary N) is 1. The zero-order valence-electron chi connectivity index (χ0n) is 11.2. The SMILES string of the molecule is CC(C)[C@H]1OCC[C@@H]1CNC(=O)c1sccc1C#N. The smallest absolute Gasteiger partial charge is 0.262 e. The molecule has 1 saturated heterocycles. The second kappa shape index (κ2) is 6.18. The van der Waals surface area contributed by atoms with E-state index >= 15 is 0 Å². The van der Waals surface area contributed by atoms with Crippen LogP contribution in [0.3, 0.4) is 0 Å². The van der Waals surface area contributed by atoms with Gasteiger partial charge in [-0.05, 0) is 23.8 Å². The van der Waals surface area contributed by atoms with E-state index in [4.69, 9.17) is 10.00 Å². The van der Waals surface area contributed by atoms with E-state index in [1.165, 1.54) is 11.3 Å². The van der Waals surface area contributed by atoms with Crippen molar-refractivity contribution in [3.05, 3.63) is 21.9 Å². The van der Waals surface area contributed by atoms with Crippen molar-refractivity contribution in [2.45, 2.75) is 26.4 Å². The molecule has 0 bridgehead atoms. The predicted octanol–water partition coefficient (Wildman–Crippen LogP) is 2.41. The molecule has 1 aromatic rings. The molecule has 4 nitrogen and oxygen atoms in total. The van der Waals surface area contributed by atoms with Gasteiger partial charge in [-0.2, -0.15) is 5.26 Å². The zero-order chi connectivity index (χ0) is 13.8. The standard InChI is InChI=1S/C14H18N2O2S/c1-9(2)12-11(3-5-18-12)8-16-14(17)13-10(7-15)4-6-19-13/h4,6,9,11-12H,3,5,8H2,1-2H3,(H,16,17)/t11-,12-/m1/s1. The molecule has 19 heavy (non-hydrogen) atoms. The van der Waals surface area contributed by atoms with Crippen molar-refractivity contribution < 1.29 is 9.53 Å². The molecule has 2 heterocycles. The highest BCUT2D eigenvalue weighted by molar-refractivity contribution is 7.12. The lowest BCUT2D eigenvalue weighted by atomic mass is 9.93. The Kier molecular flexibility index (Phi) is 4.56. The molecule has 0 spiro atoms. The summed E-state index contributed by atoms with van der Waals surface area (Å²) in [4.78, 5) is 12.5. The molecule has 2 rings (SSSR count). The number of nitriles is 1. The lowest BCUT2D eigenvalue weighted by Crippen LogP contribution is -2.34. The van der Waals surface area contributed by atoms with Crippen molar-refractivity contribution in [2.75, 3.05) is 13.2 Å². The molecule has 0 saturated carbocycles. The van der Waals surface area contributed by atoms with Gasteiger partial charge >= 0.3 is 0 Å². The molecule has 1 aliphatic heterocycles. The average Bonchev–Trinajstić information content (AvgIpc) is 3.04. The highest BCUT2D eigenvalue weighted by Crippen LogP contribution is 2.26. The minimum absolute atomic E-state index is 0.152. The Morgan fingerprint density at radius 1 is 1.68 bits per heavy atom. The van der Waals surface area contributed by atoms with Gasteiger partial charge in [-0.25, -0.2) is 0 Å².